The van der Waals surface area contributed by atoms with Crippen molar-refractivity contribution in [1.82, 2.24) is 0 Å². The van der Waals surface area contributed by atoms with Crippen LogP contribution in [0.25, 0.3) is 5.57 Å². The molecule has 3 aromatic carbocycles. The number of aliphatic carboxylic acids is 2. The van der Waals surface area contributed by atoms with Crippen LogP contribution in [0.3, 0.4) is 0 Å². The van der Waals surface area contributed by atoms with Crippen LogP contribution in [0.4, 0.5) is 0 Å². The Labute approximate surface area is 195 Å². The van der Waals surface area contributed by atoms with E-state index in [1.165, 1.54) is 7.11 Å². The first-order valence-corrected chi connectivity index (χ1v) is 10.4. The molecule has 8 heteroatoms. The van der Waals surface area contributed by atoms with Gasteiger partial charge in [0.15, 0.2) is 18.1 Å². The first-order chi connectivity index (χ1) is 16.5. The quantitative estimate of drug-likeness (QED) is 0.459. The van der Waals surface area contributed by atoms with E-state index in [0.717, 1.165) is 5.56 Å². The Kier molecular flexibility index (Phi) is 6.68. The number of fused-ring (bicyclic) bond motifs is 1. The third kappa shape index (κ3) is 4.96. The summed E-state index contributed by atoms with van der Waals surface area (Å²) in [7, 11) is 1.48. The van der Waals surface area contributed by atoms with Crippen molar-refractivity contribution in [3.8, 4) is 23.0 Å². The second kappa shape index (κ2) is 9.99. The second-order valence-corrected chi connectivity index (χ2v) is 7.43. The lowest BCUT2D eigenvalue weighted by molar-refractivity contribution is -0.139. The summed E-state index contributed by atoms with van der Waals surface area (Å²) in [5.41, 5.74) is 2.32. The monoisotopic (exact) mass is 462 g/mol. The maximum Gasteiger partial charge on any atom is 0.341 e. The van der Waals surface area contributed by atoms with E-state index < -0.39 is 18.5 Å². The number of carboxylic acids is 2. The lowest BCUT2D eigenvalue weighted by Gasteiger charge is -2.18. The smallest absolute Gasteiger partial charge is 0.341 e. The average molecular weight is 462 g/mol. The highest BCUT2D eigenvalue weighted by Gasteiger charge is 2.23. The molecule has 34 heavy (non-hydrogen) atoms. The van der Waals surface area contributed by atoms with Gasteiger partial charge in [0.2, 0.25) is 6.79 Å². The van der Waals surface area contributed by atoms with Gasteiger partial charge in [0.1, 0.15) is 11.5 Å². The molecule has 3 aromatic rings. The molecule has 0 aliphatic carbocycles. The number of hydrogen-bond donors (Lipinski definition) is 2. The van der Waals surface area contributed by atoms with Gasteiger partial charge in [-0.15, -0.1) is 0 Å². The van der Waals surface area contributed by atoms with Crippen LogP contribution >= 0.6 is 0 Å². The number of benzene rings is 3. The van der Waals surface area contributed by atoms with E-state index in [2.05, 4.69) is 0 Å². The van der Waals surface area contributed by atoms with Crippen molar-refractivity contribution in [3.63, 3.8) is 0 Å². The molecule has 174 valence electrons. The van der Waals surface area contributed by atoms with Crippen molar-refractivity contribution in [3.05, 3.63) is 89.0 Å². The highest BCUT2D eigenvalue weighted by molar-refractivity contribution is 6.02. The second-order valence-electron chi connectivity index (χ2n) is 7.43. The van der Waals surface area contributed by atoms with E-state index in [1.54, 1.807) is 60.7 Å². The molecule has 1 aliphatic heterocycles. The van der Waals surface area contributed by atoms with Crippen molar-refractivity contribution in [2.24, 2.45) is 0 Å². The number of carboxylic acid groups (broad SMARTS) is 2. The minimum atomic E-state index is -1.15. The van der Waals surface area contributed by atoms with Crippen molar-refractivity contribution in [2.75, 3.05) is 20.5 Å². The van der Waals surface area contributed by atoms with E-state index >= 15 is 0 Å². The summed E-state index contributed by atoms with van der Waals surface area (Å²) in [5.74, 6) is -0.464. The molecular formula is C26H22O8. The Bertz CT molecular complexity index is 1250. The molecule has 2 N–H and O–H groups in total. The molecule has 8 nitrogen and oxygen atoms in total. The number of methoxy groups -OCH3 is 1. The molecule has 1 aliphatic rings. The van der Waals surface area contributed by atoms with E-state index in [4.69, 9.17) is 24.1 Å². The zero-order chi connectivity index (χ0) is 24.1. The van der Waals surface area contributed by atoms with Crippen molar-refractivity contribution >= 4 is 17.5 Å². The van der Waals surface area contributed by atoms with E-state index in [1.807, 2.05) is 6.07 Å². The molecule has 1 heterocycles. The molecule has 0 saturated heterocycles. The number of rotatable bonds is 9. The molecular weight excluding hydrogens is 440 g/mol. The van der Waals surface area contributed by atoms with Crippen LogP contribution in [-0.4, -0.2) is 42.7 Å². The topological polar surface area (TPSA) is 112 Å². The molecule has 0 amide bonds. The molecule has 0 radical (unpaired) electrons. The maximum absolute atomic E-state index is 12.6. The Morgan fingerprint density at radius 1 is 0.941 bits per heavy atom. The summed E-state index contributed by atoms with van der Waals surface area (Å²) in [6.45, 7) is -0.474. The largest absolute Gasteiger partial charge is 0.497 e. The van der Waals surface area contributed by atoms with E-state index in [0.29, 0.717) is 33.9 Å². The fourth-order valence-electron chi connectivity index (χ4n) is 3.72. The number of hydrogen-bond acceptors (Lipinski definition) is 6. The van der Waals surface area contributed by atoms with Gasteiger partial charge in [-0.05, 0) is 35.4 Å². The fraction of sp³-hybridized carbons (Fsp3) is 0.154. The molecule has 4 rings (SSSR count). The Hall–Kier alpha value is -4.46. The zero-order valence-electron chi connectivity index (χ0n) is 18.3. The third-order valence-electron chi connectivity index (χ3n) is 5.25. The van der Waals surface area contributed by atoms with Crippen LogP contribution in [0.2, 0.25) is 0 Å². The van der Waals surface area contributed by atoms with Crippen LogP contribution in [0, 0.1) is 0 Å². The summed E-state index contributed by atoms with van der Waals surface area (Å²) in [6, 6.07) is 19.2. The summed E-state index contributed by atoms with van der Waals surface area (Å²) in [4.78, 5) is 23.7. The van der Waals surface area contributed by atoms with Crippen LogP contribution in [0.5, 0.6) is 23.0 Å². The van der Waals surface area contributed by atoms with Crippen molar-refractivity contribution in [2.45, 2.75) is 6.42 Å². The summed E-state index contributed by atoms with van der Waals surface area (Å²) < 4.78 is 21.6. The number of ether oxygens (including phenoxy) is 4. The fourth-order valence-corrected chi connectivity index (χ4v) is 3.72. The minimum Gasteiger partial charge on any atom is -0.497 e. The minimum absolute atomic E-state index is 0.0839. The average Bonchev–Trinajstić information content (AvgIpc) is 3.31. The highest BCUT2D eigenvalue weighted by Crippen LogP contribution is 2.38. The van der Waals surface area contributed by atoms with E-state index in [-0.39, 0.29) is 24.5 Å². The van der Waals surface area contributed by atoms with Gasteiger partial charge in [0.05, 0.1) is 7.11 Å². The van der Waals surface area contributed by atoms with E-state index in [9.17, 15) is 14.7 Å². The van der Waals surface area contributed by atoms with Crippen molar-refractivity contribution in [1.29, 1.82) is 0 Å². The summed E-state index contributed by atoms with van der Waals surface area (Å²) >= 11 is 0. The van der Waals surface area contributed by atoms with Crippen LogP contribution in [0.15, 0.2) is 72.3 Å². The Morgan fingerprint density at radius 3 is 2.41 bits per heavy atom. The maximum atomic E-state index is 12.6. The molecule has 0 saturated carbocycles. The van der Waals surface area contributed by atoms with Gasteiger partial charge in [-0.25, -0.2) is 9.59 Å². The van der Waals surface area contributed by atoms with Gasteiger partial charge in [-0.2, -0.15) is 0 Å². The lowest BCUT2D eigenvalue weighted by atomic mass is 9.89. The predicted octanol–water partition coefficient (Wildman–Crippen LogP) is 4.02. The zero-order valence-corrected chi connectivity index (χ0v) is 18.3. The normalized spacial score (nSPS) is 12.6. The lowest BCUT2D eigenvalue weighted by Crippen LogP contribution is -2.12. The van der Waals surface area contributed by atoms with Gasteiger partial charge in [-0.1, -0.05) is 36.4 Å². The van der Waals surface area contributed by atoms with Gasteiger partial charge in [0.25, 0.3) is 0 Å². The molecule has 0 aromatic heterocycles. The summed E-state index contributed by atoms with van der Waals surface area (Å²) in [6.07, 6.45) is 0.0839. The van der Waals surface area contributed by atoms with Crippen LogP contribution in [0.1, 0.15) is 16.7 Å². The highest BCUT2D eigenvalue weighted by atomic mass is 16.7. The predicted molar refractivity (Wildman–Crippen MR) is 122 cm³/mol. The summed E-state index contributed by atoms with van der Waals surface area (Å²) in [5, 5.41) is 19.4. The van der Waals surface area contributed by atoms with Gasteiger partial charge >= 0.3 is 11.9 Å². The first kappa shape index (κ1) is 22.7. The SMILES string of the molecule is COc1ccc(/C(=C(\Cc2ccc3c(c2)OCO3)C(=O)O)c2ccccc2)c(OCC(=O)O)c1. The van der Waals surface area contributed by atoms with Crippen LogP contribution < -0.4 is 18.9 Å². The molecule has 0 unspecified atom stereocenters. The Morgan fingerprint density at radius 2 is 1.71 bits per heavy atom. The van der Waals surface area contributed by atoms with Gasteiger partial charge < -0.3 is 29.2 Å². The van der Waals surface area contributed by atoms with Crippen LogP contribution in [-0.2, 0) is 16.0 Å². The van der Waals surface area contributed by atoms with Gasteiger partial charge in [0, 0.05) is 29.2 Å². The number of carbonyl (C=O) groups is 2. The molecule has 0 bridgehead atoms. The van der Waals surface area contributed by atoms with Gasteiger partial charge in [-0.3, -0.25) is 0 Å². The third-order valence-corrected chi connectivity index (χ3v) is 5.25. The van der Waals surface area contributed by atoms with Crippen molar-refractivity contribution < 1.29 is 38.7 Å². The molecule has 0 spiro atoms. The molecule has 0 atom stereocenters. The first-order valence-electron chi connectivity index (χ1n) is 10.4. The standard InChI is InChI=1S/C26H22O8/c1-31-18-8-9-19(22(13-18)32-14-24(27)28)25(17-5-3-2-4-6-17)20(26(29)30)11-16-7-10-21-23(12-16)34-15-33-21/h2-10,12-13H,11,14-15H2,1H3,(H,27,28)(H,29,30)/b25-20+. The Balaban J connectivity index is 1.89. The molecule has 0 fully saturated rings.